The summed E-state index contributed by atoms with van der Waals surface area (Å²) in [5, 5.41) is 3.60. The zero-order valence-electron chi connectivity index (χ0n) is 19.9. The summed E-state index contributed by atoms with van der Waals surface area (Å²) in [5.74, 6) is 0.113. The van der Waals surface area contributed by atoms with Crippen LogP contribution in [0.15, 0.2) is 78.9 Å². The Bertz CT molecular complexity index is 1110. The number of rotatable bonds is 11. The van der Waals surface area contributed by atoms with Gasteiger partial charge in [0.2, 0.25) is 5.91 Å². The van der Waals surface area contributed by atoms with E-state index in [-0.39, 0.29) is 31.0 Å². The van der Waals surface area contributed by atoms with E-state index in [9.17, 15) is 9.59 Å². The molecule has 0 aliphatic rings. The van der Waals surface area contributed by atoms with Crippen LogP contribution in [0.5, 0.6) is 5.75 Å². The van der Waals surface area contributed by atoms with E-state index in [0.717, 1.165) is 21.1 Å². The van der Waals surface area contributed by atoms with Gasteiger partial charge in [0.1, 0.15) is 11.8 Å². The summed E-state index contributed by atoms with van der Waals surface area (Å²) in [6.07, 6.45) is 1.17. The summed E-state index contributed by atoms with van der Waals surface area (Å²) in [4.78, 5) is 28.6. The lowest BCUT2D eigenvalue weighted by atomic mass is 10.0. The molecular formula is C28H30ClIN2O3. The van der Waals surface area contributed by atoms with Gasteiger partial charge >= 0.3 is 0 Å². The molecule has 3 aromatic carbocycles. The van der Waals surface area contributed by atoms with E-state index in [4.69, 9.17) is 16.3 Å². The third-order valence-corrected chi connectivity index (χ3v) is 6.83. The number of carbonyl (C=O) groups excluding carboxylic acids is 2. The number of carbonyl (C=O) groups is 2. The van der Waals surface area contributed by atoms with E-state index in [1.165, 1.54) is 0 Å². The first-order valence-electron chi connectivity index (χ1n) is 11.6. The zero-order valence-corrected chi connectivity index (χ0v) is 22.8. The minimum absolute atomic E-state index is 0.0129. The fraction of sp³-hybridized carbons (Fsp3) is 0.286. The van der Waals surface area contributed by atoms with Crippen molar-refractivity contribution in [2.75, 3.05) is 6.61 Å². The lowest BCUT2D eigenvalue weighted by Crippen LogP contribution is -2.53. The monoisotopic (exact) mass is 604 g/mol. The van der Waals surface area contributed by atoms with E-state index >= 15 is 0 Å². The van der Waals surface area contributed by atoms with Gasteiger partial charge in [-0.25, -0.2) is 0 Å². The van der Waals surface area contributed by atoms with Gasteiger partial charge in [-0.05, 0) is 77.4 Å². The molecule has 35 heavy (non-hydrogen) atoms. The average molecular weight is 605 g/mol. The van der Waals surface area contributed by atoms with E-state index in [1.54, 1.807) is 11.0 Å². The Kier molecular flexibility index (Phi) is 10.4. The SMILES string of the molecule is CC[C@H](C)NC(=O)[C@H](Cc1ccccc1)N(Cc1ccccc1Cl)C(=O)COc1ccc(I)cc1. The molecule has 0 saturated carbocycles. The van der Waals surface area contributed by atoms with Crippen LogP contribution in [0.25, 0.3) is 0 Å². The van der Waals surface area contributed by atoms with Gasteiger partial charge in [-0.3, -0.25) is 9.59 Å². The lowest BCUT2D eigenvalue weighted by Gasteiger charge is -2.32. The Morgan fingerprint density at radius 1 is 1.00 bits per heavy atom. The fourth-order valence-electron chi connectivity index (χ4n) is 3.56. The van der Waals surface area contributed by atoms with Crippen LogP contribution in [0.2, 0.25) is 5.02 Å². The second-order valence-electron chi connectivity index (χ2n) is 8.38. The Morgan fingerprint density at radius 3 is 2.31 bits per heavy atom. The summed E-state index contributed by atoms with van der Waals surface area (Å²) in [5.41, 5.74) is 1.73. The topological polar surface area (TPSA) is 58.6 Å². The van der Waals surface area contributed by atoms with Crippen LogP contribution < -0.4 is 10.1 Å². The molecule has 0 radical (unpaired) electrons. The lowest BCUT2D eigenvalue weighted by molar-refractivity contribution is -0.143. The first kappa shape index (κ1) is 27.0. The first-order valence-corrected chi connectivity index (χ1v) is 13.1. The average Bonchev–Trinajstić information content (AvgIpc) is 2.87. The van der Waals surface area contributed by atoms with Gasteiger partial charge < -0.3 is 15.0 Å². The maximum absolute atomic E-state index is 13.6. The van der Waals surface area contributed by atoms with Crippen LogP contribution in [-0.2, 0) is 22.6 Å². The third-order valence-electron chi connectivity index (χ3n) is 5.75. The Hall–Kier alpha value is -2.58. The highest BCUT2D eigenvalue weighted by atomic mass is 127. The van der Waals surface area contributed by atoms with Crippen molar-refractivity contribution in [2.45, 2.75) is 45.3 Å². The van der Waals surface area contributed by atoms with Crippen molar-refractivity contribution in [3.8, 4) is 5.75 Å². The molecular weight excluding hydrogens is 575 g/mol. The largest absolute Gasteiger partial charge is 0.484 e. The molecule has 2 atom stereocenters. The van der Waals surface area contributed by atoms with Crippen LogP contribution in [0.3, 0.4) is 0 Å². The van der Waals surface area contributed by atoms with E-state index in [2.05, 4.69) is 27.9 Å². The summed E-state index contributed by atoms with van der Waals surface area (Å²) in [7, 11) is 0. The van der Waals surface area contributed by atoms with Crippen molar-refractivity contribution >= 4 is 46.0 Å². The number of hydrogen-bond acceptors (Lipinski definition) is 3. The number of halogens is 2. The zero-order chi connectivity index (χ0) is 25.2. The molecule has 0 aliphatic carbocycles. The van der Waals surface area contributed by atoms with Crippen LogP contribution in [0, 0.1) is 3.57 Å². The molecule has 0 fully saturated rings. The molecule has 0 aromatic heterocycles. The van der Waals surface area contributed by atoms with E-state index in [0.29, 0.717) is 17.2 Å². The maximum atomic E-state index is 13.6. The standard InChI is InChI=1S/C28H30ClIN2O3/c1-3-20(2)31-28(34)26(17-21-9-5-4-6-10-21)32(18-22-11-7-8-12-25(22)29)27(33)19-35-24-15-13-23(30)14-16-24/h4-16,20,26H,3,17-19H2,1-2H3,(H,31,34)/t20-,26-/m0/s1. The molecule has 0 saturated heterocycles. The van der Waals surface area contributed by atoms with Crippen molar-refractivity contribution < 1.29 is 14.3 Å². The molecule has 0 heterocycles. The van der Waals surface area contributed by atoms with Crippen molar-refractivity contribution in [3.63, 3.8) is 0 Å². The van der Waals surface area contributed by atoms with Crippen LogP contribution in [-0.4, -0.2) is 35.4 Å². The van der Waals surface area contributed by atoms with Gasteiger partial charge in [-0.2, -0.15) is 0 Å². The molecule has 3 aromatic rings. The van der Waals surface area contributed by atoms with Gasteiger partial charge in [0, 0.05) is 27.6 Å². The number of ether oxygens (including phenoxy) is 1. The molecule has 0 aliphatic heterocycles. The summed E-state index contributed by atoms with van der Waals surface area (Å²) in [6.45, 7) is 3.98. The van der Waals surface area contributed by atoms with Crippen LogP contribution >= 0.6 is 34.2 Å². The molecule has 3 rings (SSSR count). The second kappa shape index (κ2) is 13.5. The first-order chi connectivity index (χ1) is 16.9. The van der Waals surface area contributed by atoms with E-state index < -0.39 is 6.04 Å². The molecule has 5 nitrogen and oxygen atoms in total. The molecule has 184 valence electrons. The van der Waals surface area contributed by atoms with Gasteiger partial charge in [0.05, 0.1) is 0 Å². The quantitative estimate of drug-likeness (QED) is 0.278. The fourth-order valence-corrected chi connectivity index (χ4v) is 4.12. The highest BCUT2D eigenvalue weighted by Crippen LogP contribution is 2.21. The molecule has 0 unspecified atom stereocenters. The van der Waals surface area contributed by atoms with Crippen molar-refractivity contribution in [2.24, 2.45) is 0 Å². The molecule has 2 amide bonds. The van der Waals surface area contributed by atoms with Gasteiger partial charge in [0.15, 0.2) is 6.61 Å². The smallest absolute Gasteiger partial charge is 0.261 e. The Balaban J connectivity index is 1.91. The molecule has 0 bridgehead atoms. The van der Waals surface area contributed by atoms with Gasteiger partial charge in [0.25, 0.3) is 5.91 Å². The number of hydrogen-bond donors (Lipinski definition) is 1. The van der Waals surface area contributed by atoms with Crippen molar-refractivity contribution in [1.82, 2.24) is 10.2 Å². The van der Waals surface area contributed by atoms with Gasteiger partial charge in [-0.15, -0.1) is 0 Å². The number of amides is 2. The van der Waals surface area contributed by atoms with Crippen LogP contribution in [0.4, 0.5) is 0 Å². The molecule has 0 spiro atoms. The van der Waals surface area contributed by atoms with E-state index in [1.807, 2.05) is 86.6 Å². The number of nitrogens with one attached hydrogen (secondary N) is 1. The van der Waals surface area contributed by atoms with Crippen molar-refractivity contribution in [1.29, 1.82) is 0 Å². The Morgan fingerprint density at radius 2 is 1.66 bits per heavy atom. The minimum Gasteiger partial charge on any atom is -0.484 e. The predicted octanol–water partition coefficient (Wildman–Crippen LogP) is 5.88. The maximum Gasteiger partial charge on any atom is 0.261 e. The number of benzene rings is 3. The molecule has 7 heteroatoms. The summed E-state index contributed by atoms with van der Waals surface area (Å²) < 4.78 is 6.87. The number of nitrogens with zero attached hydrogens (tertiary/aromatic N) is 1. The van der Waals surface area contributed by atoms with Gasteiger partial charge in [-0.1, -0.05) is 67.1 Å². The summed E-state index contributed by atoms with van der Waals surface area (Å²) >= 11 is 8.66. The highest BCUT2D eigenvalue weighted by molar-refractivity contribution is 14.1. The molecule has 1 N–H and O–H groups in total. The minimum atomic E-state index is -0.726. The van der Waals surface area contributed by atoms with Crippen LogP contribution in [0.1, 0.15) is 31.4 Å². The normalized spacial score (nSPS) is 12.5. The van der Waals surface area contributed by atoms with Crippen molar-refractivity contribution in [3.05, 3.63) is 98.6 Å². The predicted molar refractivity (Wildman–Crippen MR) is 148 cm³/mol. The highest BCUT2D eigenvalue weighted by Gasteiger charge is 2.31. The third kappa shape index (κ3) is 8.25. The Labute approximate surface area is 226 Å². The summed E-state index contributed by atoms with van der Waals surface area (Å²) in [6, 6.07) is 23.8. The second-order valence-corrected chi connectivity index (χ2v) is 10.0.